The maximum absolute atomic E-state index is 12.2. The quantitative estimate of drug-likeness (QED) is 0.622. The average molecular weight is 262 g/mol. The molecule has 1 aromatic carbocycles. The average Bonchev–Trinajstić information content (AvgIpc) is 2.55. The molecule has 100 valence electrons. The molecular weight excluding hydrogens is 248 g/mol. The number of aromatic hydroxyl groups is 1. The Labute approximate surface area is 110 Å². The third kappa shape index (κ3) is 1.95. The summed E-state index contributed by atoms with van der Waals surface area (Å²) in [6, 6.07) is 2.38. The van der Waals surface area contributed by atoms with Crippen LogP contribution < -0.4 is 5.32 Å². The number of carbonyl (C=O) groups excluding carboxylic acids is 3. The van der Waals surface area contributed by atoms with Crippen molar-refractivity contribution >= 4 is 23.4 Å². The maximum atomic E-state index is 12.2. The smallest absolute Gasteiger partial charge is 0.265 e. The SMILES string of the molecule is CC(=O)Nc1ccc(O)c2c1C(=O)N(C(C)C)C2=O. The van der Waals surface area contributed by atoms with E-state index in [4.69, 9.17) is 0 Å². The zero-order valence-electron chi connectivity index (χ0n) is 10.9. The van der Waals surface area contributed by atoms with E-state index in [-0.39, 0.29) is 34.5 Å². The van der Waals surface area contributed by atoms with E-state index in [1.54, 1.807) is 13.8 Å². The predicted molar refractivity (Wildman–Crippen MR) is 68.0 cm³/mol. The second-order valence-corrected chi connectivity index (χ2v) is 4.64. The van der Waals surface area contributed by atoms with Gasteiger partial charge in [-0.05, 0) is 26.0 Å². The fourth-order valence-corrected chi connectivity index (χ4v) is 2.13. The minimum absolute atomic E-state index is 0.0499. The molecule has 0 atom stereocenters. The molecule has 6 nitrogen and oxygen atoms in total. The maximum Gasteiger partial charge on any atom is 0.265 e. The highest BCUT2D eigenvalue weighted by Crippen LogP contribution is 2.36. The van der Waals surface area contributed by atoms with Crippen LogP contribution in [0.1, 0.15) is 41.5 Å². The summed E-state index contributed by atoms with van der Waals surface area (Å²) in [7, 11) is 0. The number of imide groups is 1. The van der Waals surface area contributed by atoms with E-state index >= 15 is 0 Å². The first-order chi connectivity index (χ1) is 8.84. The number of fused-ring (bicyclic) bond motifs is 1. The predicted octanol–water partition coefficient (Wildman–Crippen LogP) is 1.35. The molecule has 1 aliphatic rings. The van der Waals surface area contributed by atoms with Gasteiger partial charge in [-0.1, -0.05) is 0 Å². The van der Waals surface area contributed by atoms with Gasteiger partial charge in [-0.2, -0.15) is 0 Å². The molecule has 0 bridgehead atoms. The highest BCUT2D eigenvalue weighted by molar-refractivity contribution is 6.25. The Morgan fingerprint density at radius 2 is 1.79 bits per heavy atom. The van der Waals surface area contributed by atoms with Crippen molar-refractivity contribution in [2.75, 3.05) is 5.32 Å². The first kappa shape index (κ1) is 13.1. The largest absolute Gasteiger partial charge is 0.507 e. The number of anilines is 1. The van der Waals surface area contributed by atoms with Gasteiger partial charge < -0.3 is 10.4 Å². The summed E-state index contributed by atoms with van der Waals surface area (Å²) >= 11 is 0. The Hall–Kier alpha value is -2.37. The van der Waals surface area contributed by atoms with Gasteiger partial charge in [-0.3, -0.25) is 19.3 Å². The first-order valence-corrected chi connectivity index (χ1v) is 5.86. The van der Waals surface area contributed by atoms with Gasteiger partial charge in [0, 0.05) is 13.0 Å². The van der Waals surface area contributed by atoms with Crippen molar-refractivity contribution in [2.24, 2.45) is 0 Å². The van der Waals surface area contributed by atoms with Gasteiger partial charge in [0.25, 0.3) is 11.8 Å². The normalized spacial score (nSPS) is 14.0. The van der Waals surface area contributed by atoms with E-state index in [0.717, 1.165) is 4.90 Å². The lowest BCUT2D eigenvalue weighted by atomic mass is 10.1. The van der Waals surface area contributed by atoms with Gasteiger partial charge >= 0.3 is 0 Å². The number of carbonyl (C=O) groups is 3. The molecule has 2 N–H and O–H groups in total. The van der Waals surface area contributed by atoms with E-state index in [0.29, 0.717) is 0 Å². The van der Waals surface area contributed by atoms with Gasteiger partial charge in [0.05, 0.1) is 16.8 Å². The molecule has 0 fully saturated rings. The summed E-state index contributed by atoms with van der Waals surface area (Å²) < 4.78 is 0. The molecule has 0 saturated heterocycles. The fourth-order valence-electron chi connectivity index (χ4n) is 2.13. The van der Waals surface area contributed by atoms with E-state index in [1.807, 2.05) is 0 Å². The van der Waals surface area contributed by atoms with Crippen LogP contribution in [0.5, 0.6) is 5.75 Å². The Bertz CT molecular complexity index is 593. The van der Waals surface area contributed by atoms with Crippen molar-refractivity contribution in [1.29, 1.82) is 0 Å². The summed E-state index contributed by atoms with van der Waals surface area (Å²) in [6.45, 7) is 4.72. The number of nitrogens with zero attached hydrogens (tertiary/aromatic N) is 1. The fraction of sp³-hybridized carbons (Fsp3) is 0.308. The minimum Gasteiger partial charge on any atom is -0.507 e. The highest BCUT2D eigenvalue weighted by atomic mass is 16.3. The summed E-state index contributed by atoms with van der Waals surface area (Å²) in [6.07, 6.45) is 0. The van der Waals surface area contributed by atoms with Crippen LogP contribution in [-0.2, 0) is 4.79 Å². The molecule has 0 spiro atoms. The Kier molecular flexibility index (Phi) is 3.01. The molecule has 1 aromatic rings. The van der Waals surface area contributed by atoms with Crippen molar-refractivity contribution < 1.29 is 19.5 Å². The number of phenolic OH excluding ortho intramolecular Hbond substituents is 1. The van der Waals surface area contributed by atoms with Crippen molar-refractivity contribution in [2.45, 2.75) is 26.8 Å². The zero-order chi connectivity index (χ0) is 14.3. The number of hydrogen-bond acceptors (Lipinski definition) is 4. The monoisotopic (exact) mass is 262 g/mol. The third-order valence-electron chi connectivity index (χ3n) is 2.88. The summed E-state index contributed by atoms with van der Waals surface area (Å²) in [5.74, 6) is -1.66. The van der Waals surface area contributed by atoms with E-state index in [1.165, 1.54) is 19.1 Å². The molecule has 2 rings (SSSR count). The topological polar surface area (TPSA) is 86.7 Å². The highest BCUT2D eigenvalue weighted by Gasteiger charge is 2.41. The van der Waals surface area contributed by atoms with Crippen LogP contribution in [0.15, 0.2) is 12.1 Å². The molecule has 19 heavy (non-hydrogen) atoms. The number of rotatable bonds is 2. The molecule has 0 unspecified atom stereocenters. The van der Waals surface area contributed by atoms with E-state index < -0.39 is 11.8 Å². The van der Waals surface area contributed by atoms with Crippen LogP contribution >= 0.6 is 0 Å². The van der Waals surface area contributed by atoms with Gasteiger partial charge in [0.15, 0.2) is 0 Å². The van der Waals surface area contributed by atoms with Crippen molar-refractivity contribution in [3.63, 3.8) is 0 Å². The second kappa shape index (κ2) is 4.38. The molecular formula is C13H14N2O4. The van der Waals surface area contributed by atoms with Gasteiger partial charge in [0.1, 0.15) is 5.75 Å². The molecule has 0 saturated carbocycles. The Balaban J connectivity index is 2.63. The van der Waals surface area contributed by atoms with Crippen LogP contribution in [0.25, 0.3) is 0 Å². The van der Waals surface area contributed by atoms with Crippen LogP contribution in [-0.4, -0.2) is 33.8 Å². The van der Waals surface area contributed by atoms with Crippen molar-refractivity contribution in [3.05, 3.63) is 23.3 Å². The van der Waals surface area contributed by atoms with Crippen molar-refractivity contribution in [3.8, 4) is 5.75 Å². The van der Waals surface area contributed by atoms with Crippen molar-refractivity contribution in [1.82, 2.24) is 4.90 Å². The number of phenols is 1. The molecule has 1 aliphatic heterocycles. The van der Waals surface area contributed by atoms with E-state index in [9.17, 15) is 19.5 Å². The molecule has 3 amide bonds. The molecule has 0 aliphatic carbocycles. The van der Waals surface area contributed by atoms with E-state index in [2.05, 4.69) is 5.32 Å². The number of nitrogens with one attached hydrogen (secondary N) is 1. The number of hydrogen-bond donors (Lipinski definition) is 2. The van der Waals surface area contributed by atoms with Crippen LogP contribution in [0.3, 0.4) is 0 Å². The molecule has 0 aromatic heterocycles. The molecule has 1 heterocycles. The van der Waals surface area contributed by atoms with Gasteiger partial charge in [-0.25, -0.2) is 0 Å². The van der Waals surface area contributed by atoms with Gasteiger partial charge in [0.2, 0.25) is 5.91 Å². The first-order valence-electron chi connectivity index (χ1n) is 5.86. The molecule has 6 heteroatoms. The minimum atomic E-state index is -0.542. The number of benzene rings is 1. The second-order valence-electron chi connectivity index (χ2n) is 4.64. The lowest BCUT2D eigenvalue weighted by Gasteiger charge is -2.17. The zero-order valence-corrected chi connectivity index (χ0v) is 10.9. The summed E-state index contributed by atoms with van der Waals surface area (Å²) in [5, 5.41) is 12.3. The Morgan fingerprint density at radius 3 is 2.32 bits per heavy atom. The Morgan fingerprint density at radius 1 is 1.21 bits per heavy atom. The lowest BCUT2D eigenvalue weighted by Crippen LogP contribution is -2.36. The summed E-state index contributed by atoms with van der Waals surface area (Å²) in [5.41, 5.74) is 0.237. The standard InChI is InChI=1S/C13H14N2O4/c1-6(2)15-12(18)10-8(14-7(3)16)4-5-9(17)11(10)13(15)19/h4-6,17H,1-3H3,(H,14,16). The molecule has 0 radical (unpaired) electrons. The van der Waals surface area contributed by atoms with Crippen LogP contribution in [0.2, 0.25) is 0 Å². The van der Waals surface area contributed by atoms with Gasteiger partial charge in [-0.15, -0.1) is 0 Å². The van der Waals surface area contributed by atoms with Crippen LogP contribution in [0, 0.1) is 0 Å². The summed E-state index contributed by atoms with van der Waals surface area (Å²) in [4.78, 5) is 36.6. The third-order valence-corrected chi connectivity index (χ3v) is 2.88. The van der Waals surface area contributed by atoms with Crippen LogP contribution in [0.4, 0.5) is 5.69 Å². The number of amides is 3. The lowest BCUT2D eigenvalue weighted by molar-refractivity contribution is -0.114.